The molecule has 29 heteroatoms. The van der Waals surface area contributed by atoms with Crippen molar-refractivity contribution in [3.05, 3.63) is 139 Å². The van der Waals surface area contributed by atoms with E-state index in [-0.39, 0.29) is 51.9 Å². The SMILES string of the molecule is COC(=O)Cc1ccc(N2CCN(CCc3c(-c4c(Cl)cccc4Cl)noc3C3CC3)CC2)cc1.I[I-]I(I)I(I)I(I)I(I)I(I)I.O=C(O)Cc1ccc(N2CCN(CCc3c(-c4c(Cl)cccc4Cl)noc3C3CC3)CC2)cc1. The maximum atomic E-state index is 11.5. The molecule has 1 N–H and O–H groups in total. The summed E-state index contributed by atoms with van der Waals surface area (Å²) in [7, 11) is -0.147. The van der Waals surface area contributed by atoms with Crippen molar-refractivity contribution < 1.29 is 41.7 Å². The first-order valence-electron chi connectivity index (χ1n) is 25.5. The van der Waals surface area contributed by atoms with E-state index < -0.39 is 5.97 Å². The predicted octanol–water partition coefficient (Wildman–Crippen LogP) is 18.8. The molecule has 0 radical (unpaired) electrons. The van der Waals surface area contributed by atoms with Crippen LogP contribution in [0.3, 0.4) is 0 Å². The van der Waals surface area contributed by atoms with Crippen LogP contribution in [0.5, 0.6) is 0 Å². The van der Waals surface area contributed by atoms with E-state index in [1.807, 2.05) is 72.8 Å². The number of rotatable bonds is 21. The molecule has 0 amide bonds. The van der Waals surface area contributed by atoms with Gasteiger partial charge < -0.3 is 28.7 Å². The number of methoxy groups -OCH3 is 1. The Morgan fingerprint density at radius 1 is 0.598 bits per heavy atom. The molecular formula is C53H56Cl4I13N6O6-. The minimum absolute atomic E-state index is 0.0567. The molecule has 12 nitrogen and oxygen atoms in total. The summed E-state index contributed by atoms with van der Waals surface area (Å²) in [4.78, 5) is 32.1. The average Bonchev–Trinajstić information content (AvgIpc) is 4.08. The predicted molar refractivity (Wildman–Crippen MR) is 441 cm³/mol. The molecular weight excluding hydrogens is 2610 g/mol. The van der Waals surface area contributed by atoms with Crippen molar-refractivity contribution in [2.45, 2.75) is 63.2 Å². The second kappa shape index (κ2) is 36.3. The summed E-state index contributed by atoms with van der Waals surface area (Å²) in [6, 6.07) is 27.1. The number of aliphatic carboxylic acids is 1. The summed E-state index contributed by atoms with van der Waals surface area (Å²) in [5.41, 5.74) is 9.47. The fourth-order valence-electron chi connectivity index (χ4n) is 9.47. The number of carbonyl (C=O) groups excluding carboxylic acids is 1. The van der Waals surface area contributed by atoms with Crippen molar-refractivity contribution in [1.82, 2.24) is 20.1 Å². The van der Waals surface area contributed by atoms with Crippen LogP contribution in [0.4, 0.5) is 11.4 Å². The number of carbonyl (C=O) groups is 2. The Bertz CT molecular complexity index is 3020. The van der Waals surface area contributed by atoms with Gasteiger partial charge in [0, 0.05) is 111 Å². The van der Waals surface area contributed by atoms with Gasteiger partial charge in [-0.2, -0.15) is 0 Å². The number of carboxylic acids is 1. The van der Waals surface area contributed by atoms with Crippen molar-refractivity contribution in [3.8, 4) is 22.5 Å². The number of benzene rings is 4. The number of aromatic nitrogens is 2. The molecule has 4 aromatic carbocycles. The van der Waals surface area contributed by atoms with Crippen LogP contribution in [0, 0.1) is 0 Å². The van der Waals surface area contributed by atoms with E-state index in [0.29, 0.717) is 51.6 Å². The topological polar surface area (TPSA) is 129 Å². The zero-order valence-corrected chi connectivity index (χ0v) is 74.6. The van der Waals surface area contributed by atoms with Crippen LogP contribution in [0.15, 0.2) is 94.0 Å². The molecule has 0 bridgehead atoms. The number of hydrogen-bond donors (Lipinski definition) is 1. The standard InChI is InChI=1S/C27H29Cl2N3O3.C26H27Cl2N3O3.I13/c1-34-24(33)17-18-5-9-20(10-6-18)32-15-13-31(14-16-32)12-11-21-26(30-35-27(21)19-7-8-19)25-22(28)3-2-4-23(25)29;27-21-2-1-3-22(28)24(21)25-20(26(34-29-25)18-6-7-18)10-11-30-12-14-31(15-13-30)19-8-4-17(5-9-19)16-23(32)33;1-8-10(4)12(6)13(7)11(5)9(2)3/h2-6,9-10,19H,7-8,11-17H2,1H3;1-5,8-9,18H,6-7,10-16H2,(H,32,33);/q;;-1. The molecule has 0 unspecified atom stereocenters. The largest absolute Gasteiger partial charge is 0.481 e. The van der Waals surface area contributed by atoms with E-state index in [4.69, 9.17) is 65.3 Å². The minimum atomic E-state index is -0.806. The van der Waals surface area contributed by atoms with Crippen molar-refractivity contribution in [3.63, 3.8) is 0 Å². The number of hydrogen-bond acceptors (Lipinski definition) is 11. The Morgan fingerprint density at radius 2 is 0.988 bits per heavy atom. The zero-order valence-electron chi connectivity index (χ0n) is 43.6. The average molecular weight is 2660 g/mol. The molecule has 2 aromatic heterocycles. The van der Waals surface area contributed by atoms with Crippen LogP contribution < -0.4 is 23.1 Å². The van der Waals surface area contributed by atoms with E-state index in [9.17, 15) is 9.59 Å². The van der Waals surface area contributed by atoms with Crippen LogP contribution >= 0.6 is 216 Å². The summed E-state index contributed by atoms with van der Waals surface area (Å²) in [6.45, 7) is 9.51. The van der Waals surface area contributed by atoms with Crippen LogP contribution in [-0.4, -0.2) is 110 Å². The van der Waals surface area contributed by atoms with Crippen molar-refractivity contribution in [1.29, 1.82) is 0 Å². The van der Waals surface area contributed by atoms with E-state index in [0.717, 1.165) is 166 Å². The van der Waals surface area contributed by atoms with Gasteiger partial charge >= 0.3 is 195 Å². The molecule has 4 fully saturated rings. The van der Waals surface area contributed by atoms with E-state index in [2.05, 4.69) is 172 Å². The van der Waals surface area contributed by atoms with Gasteiger partial charge in [0.2, 0.25) is 0 Å². The number of esters is 1. The molecule has 10 rings (SSSR count). The Balaban J connectivity index is 0.000000178. The minimum Gasteiger partial charge on any atom is -0.481 e. The van der Waals surface area contributed by atoms with Crippen LogP contribution in [-0.2, 0) is 40.0 Å². The Morgan fingerprint density at radius 3 is 1.33 bits per heavy atom. The monoisotopic (exact) mass is 2660 g/mol. The Kier molecular flexibility index (Phi) is 32.0. The van der Waals surface area contributed by atoms with Crippen LogP contribution in [0.2, 0.25) is 20.1 Å². The molecule has 4 aliphatic rings. The summed E-state index contributed by atoms with van der Waals surface area (Å²) < 4.78 is 16.4. The second-order valence-corrected chi connectivity index (χ2v) is 281. The number of piperazine rings is 2. The molecule has 2 aliphatic heterocycles. The summed E-state index contributed by atoms with van der Waals surface area (Å²) in [5, 5.41) is 20.1. The zero-order chi connectivity index (χ0) is 58.6. The van der Waals surface area contributed by atoms with Gasteiger partial charge in [-0.15, -0.1) is 0 Å². The molecule has 4 heterocycles. The first-order chi connectivity index (χ1) is 39.4. The number of carboxylic acid groups (broad SMARTS) is 1. The Labute approximate surface area is 595 Å². The molecule has 2 saturated heterocycles. The quantitative estimate of drug-likeness (QED) is 0.0544. The van der Waals surface area contributed by atoms with Gasteiger partial charge in [-0.1, -0.05) is 93.1 Å². The third kappa shape index (κ3) is 21.2. The smallest absolute Gasteiger partial charge is 0.307 e. The number of halogens is 17. The van der Waals surface area contributed by atoms with Crippen molar-refractivity contribution in [2.75, 3.05) is 82.4 Å². The summed E-state index contributed by atoms with van der Waals surface area (Å²) >= 11 is 47.0. The van der Waals surface area contributed by atoms with E-state index in [1.54, 1.807) is 0 Å². The third-order valence-electron chi connectivity index (χ3n) is 13.9. The molecule has 0 atom stereocenters. The maximum Gasteiger partial charge on any atom is 0.307 e. The molecule has 6 aromatic rings. The van der Waals surface area contributed by atoms with Gasteiger partial charge in [-0.3, -0.25) is 19.4 Å². The maximum absolute atomic E-state index is 11.5. The molecule has 82 heavy (non-hydrogen) atoms. The summed E-state index contributed by atoms with van der Waals surface area (Å²) in [5.74, 6) is 1.89. The van der Waals surface area contributed by atoms with E-state index >= 15 is 0 Å². The molecule has 2 saturated carbocycles. The van der Waals surface area contributed by atoms with Gasteiger partial charge in [0.25, 0.3) is 0 Å². The fraction of sp³-hybridized carbons (Fsp3) is 0.396. The van der Waals surface area contributed by atoms with Gasteiger partial charge in [0.1, 0.15) is 22.9 Å². The molecule has 454 valence electrons. The van der Waals surface area contributed by atoms with Crippen LogP contribution in [0.25, 0.3) is 22.5 Å². The van der Waals surface area contributed by atoms with Crippen LogP contribution in [0.1, 0.15) is 71.3 Å². The van der Waals surface area contributed by atoms with Gasteiger partial charge in [-0.25, -0.2) is 0 Å². The van der Waals surface area contributed by atoms with E-state index in [1.165, 1.54) is 12.8 Å². The van der Waals surface area contributed by atoms with Gasteiger partial charge in [0.05, 0.1) is 40.0 Å². The van der Waals surface area contributed by atoms with Gasteiger partial charge in [-0.05, 0) is 98.2 Å². The fourth-order valence-corrected chi connectivity index (χ4v) is 1480. The third-order valence-corrected chi connectivity index (χ3v) is 759. The first-order valence-corrected chi connectivity index (χ1v) is 102. The summed E-state index contributed by atoms with van der Waals surface area (Å²) in [6.07, 6.45) is 6.64. The number of anilines is 2. The normalized spacial score (nSPS) is 16.6. The molecule has 2 aliphatic carbocycles. The van der Waals surface area contributed by atoms with Crippen molar-refractivity contribution in [2.24, 2.45) is 0 Å². The second-order valence-electron chi connectivity index (χ2n) is 19.2. The van der Waals surface area contributed by atoms with Crippen molar-refractivity contribution >= 4 is 240 Å². The Hall–Kier alpha value is 4.41. The molecule has 0 spiro atoms. The number of ether oxygens (including phenoxy) is 1. The first kappa shape index (κ1) is 72.2. The number of nitrogens with zero attached hydrogens (tertiary/aromatic N) is 6. The van der Waals surface area contributed by atoms with Gasteiger partial charge in [0.15, 0.2) is 0 Å².